The first-order chi connectivity index (χ1) is 5.86. The minimum atomic E-state index is 0.578. The highest BCUT2D eigenvalue weighted by Crippen LogP contribution is 2.53. The van der Waals surface area contributed by atoms with Crippen LogP contribution in [0.5, 0.6) is 0 Å². The van der Waals surface area contributed by atoms with E-state index in [1.807, 2.05) is 0 Å². The molecule has 1 saturated heterocycles. The number of fused-ring (bicyclic) bond motifs is 5. The minimum absolute atomic E-state index is 0.578. The second-order valence-electron chi connectivity index (χ2n) is 4.89. The zero-order chi connectivity index (χ0) is 8.13. The number of ether oxygens (including phenoxy) is 1. The first-order valence-electron chi connectivity index (χ1n) is 5.52. The SMILES string of the molecule is CC1OC2CC1C1CCCCC21. The highest BCUT2D eigenvalue weighted by atomic mass is 16.5. The lowest BCUT2D eigenvalue weighted by molar-refractivity contribution is -0.0609. The molecule has 0 aromatic rings. The van der Waals surface area contributed by atoms with Crippen LogP contribution in [-0.4, -0.2) is 12.2 Å². The van der Waals surface area contributed by atoms with E-state index in [0.717, 1.165) is 17.8 Å². The lowest BCUT2D eigenvalue weighted by Gasteiger charge is -2.37. The van der Waals surface area contributed by atoms with Crippen LogP contribution in [-0.2, 0) is 4.74 Å². The molecule has 0 aromatic heterocycles. The highest BCUT2D eigenvalue weighted by Gasteiger charge is 2.52. The summed E-state index contributed by atoms with van der Waals surface area (Å²) in [5, 5.41) is 0. The average Bonchev–Trinajstić information content (AvgIpc) is 2.62. The molecule has 1 heteroatoms. The normalized spacial score (nSPS) is 57.2. The van der Waals surface area contributed by atoms with Crippen LogP contribution in [0, 0.1) is 17.8 Å². The van der Waals surface area contributed by atoms with Crippen molar-refractivity contribution < 1.29 is 4.74 Å². The Kier molecular flexibility index (Phi) is 1.52. The van der Waals surface area contributed by atoms with Crippen molar-refractivity contribution in [2.24, 2.45) is 17.8 Å². The second-order valence-corrected chi connectivity index (χ2v) is 4.89. The van der Waals surface area contributed by atoms with Crippen molar-refractivity contribution in [3.63, 3.8) is 0 Å². The summed E-state index contributed by atoms with van der Waals surface area (Å²) >= 11 is 0. The topological polar surface area (TPSA) is 9.23 Å². The van der Waals surface area contributed by atoms with Gasteiger partial charge in [-0.3, -0.25) is 0 Å². The Morgan fingerprint density at radius 1 is 1.00 bits per heavy atom. The first kappa shape index (κ1) is 7.37. The number of hydrogen-bond donors (Lipinski definition) is 0. The molecular formula is C11H18O. The van der Waals surface area contributed by atoms with Gasteiger partial charge in [-0.15, -0.1) is 0 Å². The van der Waals surface area contributed by atoms with Gasteiger partial charge in [-0.05, 0) is 43.9 Å². The van der Waals surface area contributed by atoms with Crippen molar-refractivity contribution in [1.29, 1.82) is 0 Å². The Bertz CT molecular complexity index is 187. The highest BCUT2D eigenvalue weighted by molar-refractivity contribution is 5.00. The first-order valence-corrected chi connectivity index (χ1v) is 5.52. The standard InChI is InChI=1S/C11H18O/c1-7-10-6-11(12-7)9-5-3-2-4-8(9)10/h7-11H,2-6H2,1H3. The molecule has 0 radical (unpaired) electrons. The molecule has 2 bridgehead atoms. The van der Waals surface area contributed by atoms with E-state index < -0.39 is 0 Å². The molecule has 5 unspecified atom stereocenters. The molecule has 3 aliphatic rings. The van der Waals surface area contributed by atoms with Crippen LogP contribution in [0.3, 0.4) is 0 Å². The van der Waals surface area contributed by atoms with Gasteiger partial charge in [0.05, 0.1) is 12.2 Å². The number of hydrogen-bond acceptors (Lipinski definition) is 1. The summed E-state index contributed by atoms with van der Waals surface area (Å²) in [7, 11) is 0. The summed E-state index contributed by atoms with van der Waals surface area (Å²) in [5.74, 6) is 2.94. The van der Waals surface area contributed by atoms with Crippen molar-refractivity contribution in [1.82, 2.24) is 0 Å². The van der Waals surface area contributed by atoms with Gasteiger partial charge in [-0.2, -0.15) is 0 Å². The van der Waals surface area contributed by atoms with E-state index in [-0.39, 0.29) is 0 Å². The lowest BCUT2D eigenvalue weighted by atomic mass is 9.75. The molecule has 1 aliphatic heterocycles. The summed E-state index contributed by atoms with van der Waals surface area (Å²) in [6, 6.07) is 0. The fraction of sp³-hybridized carbons (Fsp3) is 1.00. The molecule has 1 heterocycles. The summed E-state index contributed by atoms with van der Waals surface area (Å²) < 4.78 is 5.93. The molecule has 68 valence electrons. The molecule has 2 saturated carbocycles. The molecular weight excluding hydrogens is 148 g/mol. The third-order valence-electron chi connectivity index (χ3n) is 4.40. The number of rotatable bonds is 0. The maximum Gasteiger partial charge on any atom is 0.0613 e. The maximum atomic E-state index is 5.93. The van der Waals surface area contributed by atoms with E-state index in [4.69, 9.17) is 4.74 Å². The van der Waals surface area contributed by atoms with Gasteiger partial charge in [0.1, 0.15) is 0 Å². The Balaban J connectivity index is 1.84. The Morgan fingerprint density at radius 2 is 1.75 bits per heavy atom. The monoisotopic (exact) mass is 166 g/mol. The second kappa shape index (κ2) is 2.47. The molecule has 0 aromatic carbocycles. The van der Waals surface area contributed by atoms with Gasteiger partial charge in [0, 0.05) is 0 Å². The fourth-order valence-electron chi connectivity index (χ4n) is 3.87. The van der Waals surface area contributed by atoms with Crippen LogP contribution in [0.15, 0.2) is 0 Å². The smallest absolute Gasteiger partial charge is 0.0613 e. The molecule has 3 fully saturated rings. The summed E-state index contributed by atoms with van der Waals surface area (Å²) in [4.78, 5) is 0. The summed E-state index contributed by atoms with van der Waals surface area (Å²) in [6.07, 6.45) is 8.53. The quantitative estimate of drug-likeness (QED) is 0.537. The van der Waals surface area contributed by atoms with Gasteiger partial charge >= 0.3 is 0 Å². The van der Waals surface area contributed by atoms with E-state index in [1.54, 1.807) is 0 Å². The molecule has 12 heavy (non-hydrogen) atoms. The third-order valence-corrected chi connectivity index (χ3v) is 4.40. The largest absolute Gasteiger partial charge is 0.375 e. The zero-order valence-electron chi connectivity index (χ0n) is 7.83. The van der Waals surface area contributed by atoms with E-state index >= 15 is 0 Å². The van der Waals surface area contributed by atoms with Gasteiger partial charge in [0.25, 0.3) is 0 Å². The lowest BCUT2D eigenvalue weighted by Crippen LogP contribution is -2.35. The van der Waals surface area contributed by atoms with Crippen LogP contribution >= 0.6 is 0 Å². The predicted molar refractivity (Wildman–Crippen MR) is 47.9 cm³/mol. The third kappa shape index (κ3) is 0.834. The molecule has 2 aliphatic carbocycles. The summed E-state index contributed by atoms with van der Waals surface area (Å²) in [5.41, 5.74) is 0. The van der Waals surface area contributed by atoms with Crippen molar-refractivity contribution in [3.8, 4) is 0 Å². The average molecular weight is 166 g/mol. The van der Waals surface area contributed by atoms with Gasteiger partial charge in [-0.1, -0.05) is 12.8 Å². The maximum absolute atomic E-state index is 5.93. The van der Waals surface area contributed by atoms with Crippen LogP contribution in [0.25, 0.3) is 0 Å². The molecule has 1 nitrogen and oxygen atoms in total. The zero-order valence-corrected chi connectivity index (χ0v) is 7.83. The van der Waals surface area contributed by atoms with Crippen molar-refractivity contribution in [2.45, 2.75) is 51.2 Å². The molecule has 0 spiro atoms. The Hall–Kier alpha value is -0.0400. The summed E-state index contributed by atoms with van der Waals surface area (Å²) in [6.45, 7) is 2.27. The van der Waals surface area contributed by atoms with Gasteiger partial charge in [-0.25, -0.2) is 0 Å². The molecule has 3 rings (SSSR count). The van der Waals surface area contributed by atoms with E-state index in [0.29, 0.717) is 12.2 Å². The van der Waals surface area contributed by atoms with E-state index in [9.17, 15) is 0 Å². The predicted octanol–water partition coefficient (Wildman–Crippen LogP) is 2.60. The Morgan fingerprint density at radius 3 is 2.58 bits per heavy atom. The molecule has 0 N–H and O–H groups in total. The molecule has 0 amide bonds. The van der Waals surface area contributed by atoms with Crippen molar-refractivity contribution in [2.75, 3.05) is 0 Å². The van der Waals surface area contributed by atoms with Crippen LogP contribution < -0.4 is 0 Å². The van der Waals surface area contributed by atoms with Crippen LogP contribution in [0.1, 0.15) is 39.0 Å². The van der Waals surface area contributed by atoms with Crippen LogP contribution in [0.2, 0.25) is 0 Å². The van der Waals surface area contributed by atoms with Crippen LogP contribution in [0.4, 0.5) is 0 Å². The fourth-order valence-corrected chi connectivity index (χ4v) is 3.87. The molecule has 5 atom stereocenters. The van der Waals surface area contributed by atoms with Gasteiger partial charge in [0.15, 0.2) is 0 Å². The van der Waals surface area contributed by atoms with Gasteiger partial charge < -0.3 is 4.74 Å². The van der Waals surface area contributed by atoms with E-state index in [2.05, 4.69) is 6.92 Å². The van der Waals surface area contributed by atoms with E-state index in [1.165, 1.54) is 32.1 Å². The minimum Gasteiger partial charge on any atom is -0.375 e. The van der Waals surface area contributed by atoms with Crippen molar-refractivity contribution >= 4 is 0 Å². The van der Waals surface area contributed by atoms with Gasteiger partial charge in [0.2, 0.25) is 0 Å². The Labute approximate surface area is 74.5 Å². The van der Waals surface area contributed by atoms with Crippen molar-refractivity contribution in [3.05, 3.63) is 0 Å².